The molecule has 4 aromatic rings. The Morgan fingerprint density at radius 1 is 0.833 bits per heavy atom. The fourth-order valence-corrected chi connectivity index (χ4v) is 8.85. The third-order valence-corrected chi connectivity index (χ3v) is 12.4. The molecule has 1 atom stereocenters. The molecule has 42 heavy (non-hydrogen) atoms. The van der Waals surface area contributed by atoms with Crippen molar-refractivity contribution in [3.05, 3.63) is 76.1 Å². The van der Waals surface area contributed by atoms with E-state index in [2.05, 4.69) is 0 Å². The summed E-state index contributed by atoms with van der Waals surface area (Å²) < 4.78 is 29.0. The van der Waals surface area contributed by atoms with E-state index in [1.807, 2.05) is 87.5 Å². The van der Waals surface area contributed by atoms with Crippen molar-refractivity contribution < 1.29 is 27.8 Å². The van der Waals surface area contributed by atoms with Crippen LogP contribution in [0.2, 0.25) is 0 Å². The van der Waals surface area contributed by atoms with Crippen molar-refractivity contribution in [3.63, 3.8) is 0 Å². The first-order valence-electron chi connectivity index (χ1n) is 13.5. The summed E-state index contributed by atoms with van der Waals surface area (Å²) in [6, 6.07) is 21.6. The molecule has 0 aliphatic heterocycles. The average Bonchev–Trinajstić information content (AvgIpc) is 3.44. The second-order valence-electron chi connectivity index (χ2n) is 8.81. The van der Waals surface area contributed by atoms with Gasteiger partial charge in [-0.25, -0.2) is 0 Å². The first-order valence-corrected chi connectivity index (χ1v) is 19.6. The molecule has 12 heteroatoms. The summed E-state index contributed by atoms with van der Waals surface area (Å²) in [6.07, 6.45) is 0. The van der Waals surface area contributed by atoms with Gasteiger partial charge in [0.25, 0.3) is 0 Å². The van der Waals surface area contributed by atoms with Gasteiger partial charge in [0.2, 0.25) is 0 Å². The molecule has 3 aromatic carbocycles. The van der Waals surface area contributed by atoms with Crippen LogP contribution in [0.1, 0.15) is 32.3 Å². The van der Waals surface area contributed by atoms with Gasteiger partial charge >= 0.3 is 14.6 Å². The fourth-order valence-electron chi connectivity index (χ4n) is 3.78. The van der Waals surface area contributed by atoms with E-state index in [0.717, 1.165) is 47.9 Å². The highest BCUT2D eigenvalue weighted by Gasteiger charge is 2.18. The molecule has 0 fully saturated rings. The molecule has 224 valence electrons. The number of hydrogen-bond acceptors (Lipinski definition) is 11. The summed E-state index contributed by atoms with van der Waals surface area (Å²) in [7, 11) is 5.49. The minimum Gasteiger partial charge on any atom is -0.493 e. The van der Waals surface area contributed by atoms with Crippen molar-refractivity contribution in [2.24, 2.45) is 0 Å². The van der Waals surface area contributed by atoms with Crippen LogP contribution in [0, 0.1) is 3.82 Å². The number of carbonyl (C=O) groups is 1. The molecule has 0 spiro atoms. The van der Waals surface area contributed by atoms with Crippen LogP contribution in [0.4, 0.5) is 0 Å². The van der Waals surface area contributed by atoms with Gasteiger partial charge in [-0.1, -0.05) is 78.8 Å². The van der Waals surface area contributed by atoms with Crippen LogP contribution in [0.3, 0.4) is 0 Å². The summed E-state index contributed by atoms with van der Waals surface area (Å²) in [5.74, 6) is 2.37. The summed E-state index contributed by atoms with van der Waals surface area (Å²) in [4.78, 5) is 14.0. The molecule has 0 radical (unpaired) electrons. The minimum atomic E-state index is -1.23. The fraction of sp³-hybridized carbons (Fsp3) is 0.333. The second kappa shape index (κ2) is 17.7. The first kappa shape index (κ1) is 33.4. The Labute approximate surface area is 268 Å². The zero-order valence-corrected chi connectivity index (χ0v) is 28.6. The highest BCUT2D eigenvalue weighted by molar-refractivity contribution is 8.76. The highest BCUT2D eigenvalue weighted by Crippen LogP contribution is 2.39. The van der Waals surface area contributed by atoms with Crippen LogP contribution in [0.25, 0.3) is 21.2 Å². The average molecular weight is 681 g/mol. The smallest absolute Gasteiger partial charge is 0.332 e. The van der Waals surface area contributed by atoms with Crippen LogP contribution in [0.15, 0.2) is 66.7 Å². The summed E-state index contributed by atoms with van der Waals surface area (Å²) in [5.41, 5.74) is 1.97. The second-order valence-corrected chi connectivity index (χ2v) is 15.6. The molecule has 0 aliphatic carbocycles. The van der Waals surface area contributed by atoms with Crippen molar-refractivity contribution in [2.75, 3.05) is 37.9 Å². The van der Waals surface area contributed by atoms with Gasteiger partial charge in [-0.3, -0.25) is 4.79 Å². The Morgan fingerprint density at radius 2 is 1.50 bits per heavy atom. The van der Waals surface area contributed by atoms with Crippen LogP contribution in [-0.2, 0) is 18.4 Å². The predicted octanol–water partition coefficient (Wildman–Crippen LogP) is 10.1. The van der Waals surface area contributed by atoms with Crippen LogP contribution in [-0.4, -0.2) is 43.9 Å². The van der Waals surface area contributed by atoms with Gasteiger partial charge in [0, 0.05) is 16.4 Å². The van der Waals surface area contributed by atoms with Gasteiger partial charge in [-0.15, -0.1) is 0 Å². The minimum absolute atomic E-state index is 0.292. The van der Waals surface area contributed by atoms with Crippen molar-refractivity contribution in [2.45, 2.75) is 26.7 Å². The van der Waals surface area contributed by atoms with Gasteiger partial charge in [-0.05, 0) is 85.1 Å². The molecule has 0 saturated carbocycles. The monoisotopic (exact) mass is 680 g/mol. The first-order chi connectivity index (χ1) is 20.5. The number of hydrogen-bond donors (Lipinski definition) is 0. The van der Waals surface area contributed by atoms with Gasteiger partial charge in [-0.2, -0.15) is 0 Å². The zero-order chi connectivity index (χ0) is 29.7. The van der Waals surface area contributed by atoms with Crippen molar-refractivity contribution in [3.8, 4) is 21.9 Å². The van der Waals surface area contributed by atoms with Crippen molar-refractivity contribution in [1.82, 2.24) is 0 Å². The predicted molar refractivity (Wildman–Crippen MR) is 183 cm³/mol. The lowest BCUT2D eigenvalue weighted by Gasteiger charge is -2.14. The number of fused-ring (bicyclic) bond motifs is 1. The number of esters is 1. The van der Waals surface area contributed by atoms with E-state index in [1.165, 1.54) is 0 Å². The van der Waals surface area contributed by atoms with Crippen LogP contribution in [0.5, 0.6) is 11.5 Å². The Bertz CT molecular complexity index is 1470. The standard InChI is InChI=1S/C30H33O6PS5/c1-4-33-37(34-5-2)35-15-17-40-39-16-14-32-27-13-10-24-18-23(6-7-25(24)19-27)21(3)30(31)36-26-11-8-22(9-12-26)28-20-29(38)42-41-28/h6-13,18-21H,4-5,14-17H2,1-3H3. The van der Waals surface area contributed by atoms with Crippen molar-refractivity contribution in [1.29, 1.82) is 0 Å². The molecular formula is C30H33O6PS5. The maximum Gasteiger partial charge on any atom is 0.332 e. The van der Waals surface area contributed by atoms with E-state index in [4.69, 9.17) is 35.3 Å². The summed E-state index contributed by atoms with van der Waals surface area (Å²) in [5, 5.41) is 2.11. The molecule has 0 saturated heterocycles. The van der Waals surface area contributed by atoms with E-state index in [-0.39, 0.29) is 5.97 Å². The van der Waals surface area contributed by atoms with E-state index in [9.17, 15) is 4.79 Å². The molecule has 0 amide bonds. The Hall–Kier alpha value is -1.53. The summed E-state index contributed by atoms with van der Waals surface area (Å²) in [6.45, 7) is 8.10. The molecule has 1 heterocycles. The third kappa shape index (κ3) is 10.3. The molecule has 6 nitrogen and oxygen atoms in total. The molecule has 1 unspecified atom stereocenters. The number of rotatable bonds is 17. The van der Waals surface area contributed by atoms with Gasteiger partial charge in [0.05, 0.1) is 32.3 Å². The Balaban J connectivity index is 1.21. The Morgan fingerprint density at radius 3 is 2.19 bits per heavy atom. The lowest BCUT2D eigenvalue weighted by atomic mass is 9.98. The number of carbonyl (C=O) groups excluding carboxylic acids is 1. The molecule has 0 bridgehead atoms. The number of ether oxygens (including phenoxy) is 2. The topological polar surface area (TPSA) is 63.2 Å². The normalized spacial score (nSPS) is 12.1. The van der Waals surface area contributed by atoms with Crippen LogP contribution < -0.4 is 9.47 Å². The quantitative estimate of drug-likeness (QED) is 0.0271. The molecule has 0 N–H and O–H groups in total. The largest absolute Gasteiger partial charge is 0.493 e. The molecule has 0 aliphatic rings. The molecule has 1 aromatic heterocycles. The molecular weight excluding hydrogens is 648 g/mol. The van der Waals surface area contributed by atoms with Crippen LogP contribution >= 0.6 is 63.1 Å². The van der Waals surface area contributed by atoms with E-state index in [0.29, 0.717) is 32.2 Å². The number of benzene rings is 3. The maximum absolute atomic E-state index is 12.9. The summed E-state index contributed by atoms with van der Waals surface area (Å²) >= 11 is 5.22. The van der Waals surface area contributed by atoms with E-state index in [1.54, 1.807) is 42.3 Å². The van der Waals surface area contributed by atoms with Gasteiger partial charge in [0.1, 0.15) is 15.3 Å². The zero-order valence-electron chi connectivity index (χ0n) is 23.6. The van der Waals surface area contributed by atoms with E-state index < -0.39 is 14.5 Å². The lowest BCUT2D eigenvalue weighted by Crippen LogP contribution is -2.16. The van der Waals surface area contributed by atoms with E-state index >= 15 is 0 Å². The third-order valence-electron chi connectivity index (χ3n) is 5.86. The van der Waals surface area contributed by atoms with Gasteiger partial charge in [0.15, 0.2) is 0 Å². The maximum atomic E-state index is 12.9. The highest BCUT2D eigenvalue weighted by atomic mass is 33.1. The molecule has 4 rings (SSSR count). The SMILES string of the molecule is CCOP(OCC)OCCSSCCOc1ccc2cc(C(C)C(=O)Oc3ccc(-c4cc(=S)ss4)cc3)ccc2c1. The Kier molecular flexibility index (Phi) is 14.0. The van der Waals surface area contributed by atoms with Gasteiger partial charge < -0.3 is 23.0 Å². The van der Waals surface area contributed by atoms with Crippen molar-refractivity contribution >= 4 is 79.8 Å². The lowest BCUT2D eigenvalue weighted by molar-refractivity contribution is -0.135.